The second-order valence-corrected chi connectivity index (χ2v) is 11.3. The van der Waals surface area contributed by atoms with Crippen LogP contribution in [0.3, 0.4) is 0 Å². The maximum Gasteiger partial charge on any atom is 0.303 e. The normalized spacial score (nSPS) is 17.5. The lowest BCUT2D eigenvalue weighted by Crippen LogP contribution is -2.35. The monoisotopic (exact) mass is 523 g/mol. The van der Waals surface area contributed by atoms with E-state index in [2.05, 4.69) is 19.0 Å². The lowest BCUT2D eigenvalue weighted by atomic mass is 9.65. The average Bonchev–Trinajstić information content (AvgIpc) is 3.64. The van der Waals surface area contributed by atoms with Gasteiger partial charge in [-0.05, 0) is 84.7 Å². The minimum absolute atomic E-state index is 0.0311. The molecule has 0 saturated heterocycles. The maximum absolute atomic E-state index is 14.8. The van der Waals surface area contributed by atoms with E-state index < -0.39 is 11.8 Å². The molecular formula is C30H34FNO6. The van der Waals surface area contributed by atoms with Gasteiger partial charge in [0, 0.05) is 0 Å². The Morgan fingerprint density at radius 3 is 2.63 bits per heavy atom. The SMILES string of the molecule is COc1ccc(F)c(-c2onc(COc3cccc([C@@H](CC(=O)O)C4CC4)c3)c2OCC2CC(C)(C)C2)c1. The predicted octanol–water partition coefficient (Wildman–Crippen LogP) is 6.85. The first kappa shape index (κ1) is 26.1. The number of carboxylic acids is 1. The summed E-state index contributed by atoms with van der Waals surface area (Å²) < 4.78 is 38.0. The number of hydrogen-bond acceptors (Lipinski definition) is 6. The molecule has 7 nitrogen and oxygen atoms in total. The average molecular weight is 524 g/mol. The van der Waals surface area contributed by atoms with Gasteiger partial charge in [0.15, 0.2) is 11.4 Å². The Bertz CT molecular complexity index is 1290. The van der Waals surface area contributed by atoms with Crippen molar-refractivity contribution in [2.75, 3.05) is 13.7 Å². The Balaban J connectivity index is 1.37. The first-order valence-electron chi connectivity index (χ1n) is 13.1. The van der Waals surface area contributed by atoms with Crippen LogP contribution in [0.25, 0.3) is 11.3 Å². The van der Waals surface area contributed by atoms with Crippen molar-refractivity contribution in [1.29, 1.82) is 0 Å². The van der Waals surface area contributed by atoms with Gasteiger partial charge >= 0.3 is 5.97 Å². The number of aromatic nitrogens is 1. The molecule has 2 aromatic carbocycles. The van der Waals surface area contributed by atoms with E-state index in [4.69, 9.17) is 18.7 Å². The smallest absolute Gasteiger partial charge is 0.303 e. The molecule has 1 aromatic heterocycles. The van der Waals surface area contributed by atoms with Gasteiger partial charge in [-0.2, -0.15) is 0 Å². The lowest BCUT2D eigenvalue weighted by molar-refractivity contribution is -0.137. The van der Waals surface area contributed by atoms with Crippen LogP contribution < -0.4 is 14.2 Å². The Labute approximate surface area is 221 Å². The van der Waals surface area contributed by atoms with Gasteiger partial charge in [-0.1, -0.05) is 31.1 Å². The number of rotatable bonds is 12. The standard InChI is InChI=1S/C30H34FNO6/c1-30(2)14-18(15-30)16-37-29-26(32-38-28(29)24-12-21(35-3)9-10-25(24)31)17-36-22-6-4-5-20(11-22)23(13-27(33)34)19-7-8-19/h4-6,9-12,18-19,23H,7-8,13-17H2,1-3H3,(H,33,34)/t23-/m0/s1. The highest BCUT2D eigenvalue weighted by atomic mass is 19.1. The molecular weight excluding hydrogens is 489 g/mol. The van der Waals surface area contributed by atoms with Crippen molar-refractivity contribution in [3.05, 3.63) is 59.5 Å². The summed E-state index contributed by atoms with van der Waals surface area (Å²) in [4.78, 5) is 11.4. The zero-order valence-corrected chi connectivity index (χ0v) is 22.0. The molecule has 3 aromatic rings. The molecule has 2 saturated carbocycles. The molecule has 1 N–H and O–H groups in total. The third-order valence-corrected chi connectivity index (χ3v) is 7.53. The van der Waals surface area contributed by atoms with Gasteiger partial charge in [0.2, 0.25) is 5.76 Å². The van der Waals surface area contributed by atoms with Crippen LogP contribution in [0.15, 0.2) is 47.0 Å². The molecule has 1 atom stereocenters. The molecule has 0 aliphatic heterocycles. The van der Waals surface area contributed by atoms with E-state index in [0.717, 1.165) is 31.2 Å². The number of aliphatic carboxylic acids is 1. The number of nitrogens with zero attached hydrogens (tertiary/aromatic N) is 1. The highest BCUT2D eigenvalue weighted by Gasteiger charge is 2.37. The molecule has 2 fully saturated rings. The van der Waals surface area contributed by atoms with Crippen molar-refractivity contribution in [2.24, 2.45) is 17.3 Å². The number of hydrogen-bond donors (Lipinski definition) is 1. The predicted molar refractivity (Wildman–Crippen MR) is 139 cm³/mol. The minimum atomic E-state index is -0.801. The van der Waals surface area contributed by atoms with Crippen LogP contribution in [0.1, 0.15) is 63.1 Å². The van der Waals surface area contributed by atoms with Crippen molar-refractivity contribution in [2.45, 2.75) is 58.5 Å². The molecule has 2 aliphatic carbocycles. The summed E-state index contributed by atoms with van der Waals surface area (Å²) in [5.74, 6) is 1.15. The van der Waals surface area contributed by atoms with Crippen LogP contribution in [0.5, 0.6) is 17.2 Å². The maximum atomic E-state index is 14.8. The fraction of sp³-hybridized carbons (Fsp3) is 0.467. The van der Waals surface area contributed by atoms with E-state index >= 15 is 0 Å². The summed E-state index contributed by atoms with van der Waals surface area (Å²) in [5.41, 5.74) is 1.89. The van der Waals surface area contributed by atoms with Gasteiger partial charge < -0.3 is 23.8 Å². The van der Waals surface area contributed by atoms with Gasteiger partial charge in [-0.15, -0.1) is 0 Å². The molecule has 38 heavy (non-hydrogen) atoms. The van der Waals surface area contributed by atoms with E-state index in [0.29, 0.717) is 46.8 Å². The van der Waals surface area contributed by atoms with Crippen molar-refractivity contribution in [1.82, 2.24) is 5.16 Å². The summed E-state index contributed by atoms with van der Waals surface area (Å²) >= 11 is 0. The number of carbonyl (C=O) groups is 1. The zero-order valence-electron chi connectivity index (χ0n) is 22.0. The van der Waals surface area contributed by atoms with E-state index in [9.17, 15) is 14.3 Å². The van der Waals surface area contributed by atoms with Crippen LogP contribution in [0.2, 0.25) is 0 Å². The van der Waals surface area contributed by atoms with Gasteiger partial charge in [0.25, 0.3) is 0 Å². The number of carboxylic acid groups (broad SMARTS) is 1. The van der Waals surface area contributed by atoms with E-state index in [1.165, 1.54) is 13.2 Å². The molecule has 0 radical (unpaired) electrons. The van der Waals surface area contributed by atoms with E-state index in [1.54, 1.807) is 12.1 Å². The molecule has 0 bridgehead atoms. The van der Waals surface area contributed by atoms with E-state index in [1.807, 2.05) is 24.3 Å². The Hall–Kier alpha value is -3.55. The summed E-state index contributed by atoms with van der Waals surface area (Å²) in [7, 11) is 1.52. The number of ether oxygens (including phenoxy) is 3. The first-order valence-corrected chi connectivity index (χ1v) is 13.1. The third-order valence-electron chi connectivity index (χ3n) is 7.53. The lowest BCUT2D eigenvalue weighted by Gasteiger charge is -2.42. The van der Waals surface area contributed by atoms with Gasteiger partial charge in [-0.25, -0.2) is 4.39 Å². The topological polar surface area (TPSA) is 91.0 Å². The van der Waals surface area contributed by atoms with Crippen molar-refractivity contribution < 1.29 is 33.0 Å². The van der Waals surface area contributed by atoms with Crippen LogP contribution in [-0.2, 0) is 11.4 Å². The van der Waals surface area contributed by atoms with Gasteiger partial charge in [-0.3, -0.25) is 4.79 Å². The second kappa shape index (κ2) is 10.7. The van der Waals surface area contributed by atoms with Crippen LogP contribution in [0.4, 0.5) is 4.39 Å². The molecule has 5 rings (SSSR count). The van der Waals surface area contributed by atoms with Crippen LogP contribution in [-0.4, -0.2) is 29.9 Å². The quantitative estimate of drug-likeness (QED) is 0.278. The second-order valence-electron chi connectivity index (χ2n) is 11.3. The van der Waals surface area contributed by atoms with Crippen molar-refractivity contribution >= 4 is 5.97 Å². The van der Waals surface area contributed by atoms with Crippen LogP contribution >= 0.6 is 0 Å². The minimum Gasteiger partial charge on any atom is -0.497 e. The molecule has 0 unspecified atom stereocenters. The Morgan fingerprint density at radius 2 is 1.95 bits per heavy atom. The molecule has 8 heteroatoms. The molecule has 2 aliphatic rings. The van der Waals surface area contributed by atoms with Crippen molar-refractivity contribution in [3.63, 3.8) is 0 Å². The summed E-state index contributed by atoms with van der Waals surface area (Å²) in [5, 5.41) is 13.5. The highest BCUT2D eigenvalue weighted by molar-refractivity contribution is 5.68. The van der Waals surface area contributed by atoms with Crippen LogP contribution in [0, 0.1) is 23.1 Å². The zero-order chi connectivity index (χ0) is 26.9. The molecule has 202 valence electrons. The summed E-state index contributed by atoms with van der Waals surface area (Å²) in [6.07, 6.45) is 4.30. The summed E-state index contributed by atoms with van der Waals surface area (Å²) in [6.45, 7) is 5.00. The fourth-order valence-corrected chi connectivity index (χ4v) is 5.58. The first-order chi connectivity index (χ1) is 18.2. The van der Waals surface area contributed by atoms with Crippen molar-refractivity contribution in [3.8, 4) is 28.6 Å². The molecule has 1 heterocycles. The Morgan fingerprint density at radius 1 is 1.16 bits per heavy atom. The number of benzene rings is 2. The number of halogens is 1. The largest absolute Gasteiger partial charge is 0.497 e. The third kappa shape index (κ3) is 5.95. The summed E-state index contributed by atoms with van der Waals surface area (Å²) in [6, 6.07) is 12.0. The number of methoxy groups -OCH3 is 1. The fourth-order valence-electron chi connectivity index (χ4n) is 5.58. The highest BCUT2D eigenvalue weighted by Crippen LogP contribution is 2.46. The van der Waals surface area contributed by atoms with E-state index in [-0.39, 0.29) is 30.3 Å². The molecule has 0 amide bonds. The molecule has 0 spiro atoms. The Kier molecular flexibility index (Phi) is 7.32. The van der Waals surface area contributed by atoms with Gasteiger partial charge in [0.1, 0.15) is 23.9 Å². The van der Waals surface area contributed by atoms with Gasteiger partial charge in [0.05, 0.1) is 25.7 Å².